The molecule has 3 atom stereocenters. The number of nitrogens with two attached hydrogens (primary N) is 1. The Bertz CT molecular complexity index is 1080. The number of hydrogen-bond donors (Lipinski definition) is 2. The highest BCUT2D eigenvalue weighted by atomic mass is 31.0. The van der Waals surface area contributed by atoms with Gasteiger partial charge in [-0.15, -0.1) is 0 Å². The Hall–Kier alpha value is -2.58. The first-order valence-electron chi connectivity index (χ1n) is 12.9. The van der Waals surface area contributed by atoms with Crippen molar-refractivity contribution in [2.24, 2.45) is 10.7 Å². The number of amidine groups is 1. The molecule has 8 nitrogen and oxygen atoms in total. The first kappa shape index (κ1) is 31.6. The number of aromatic nitrogens is 1. The van der Waals surface area contributed by atoms with E-state index in [0.717, 1.165) is 6.42 Å². The molecule has 212 valence electrons. The molecule has 1 fully saturated rings. The van der Waals surface area contributed by atoms with E-state index in [4.69, 9.17) is 15.5 Å². The molecule has 0 radical (unpaired) electrons. The fraction of sp³-hybridized carbons (Fsp3) is 0.593. The average molecular weight is 554 g/mol. The highest BCUT2D eigenvalue weighted by Crippen LogP contribution is 2.38. The maximum absolute atomic E-state index is 14.6. The lowest BCUT2D eigenvalue weighted by Crippen LogP contribution is -2.55. The van der Waals surface area contributed by atoms with Gasteiger partial charge in [-0.25, -0.2) is 14.8 Å². The zero-order valence-electron chi connectivity index (χ0n) is 23.5. The fourth-order valence-electron chi connectivity index (χ4n) is 4.21. The van der Waals surface area contributed by atoms with Crippen LogP contribution in [0.2, 0.25) is 0 Å². The van der Waals surface area contributed by atoms with Crippen LogP contribution in [-0.2, 0) is 10.4 Å². The number of aliphatic hydroxyl groups excluding tert-OH is 1. The number of rotatable bonds is 8. The molecule has 1 aromatic heterocycles. The summed E-state index contributed by atoms with van der Waals surface area (Å²) in [4.78, 5) is 25.2. The van der Waals surface area contributed by atoms with E-state index in [0.29, 0.717) is 43.0 Å². The number of piperazine rings is 1. The van der Waals surface area contributed by atoms with Gasteiger partial charge >= 0.3 is 6.09 Å². The molecule has 0 bridgehead atoms. The second-order valence-electron chi connectivity index (χ2n) is 10.4. The number of aliphatic imine (C=N–C) groups is 1. The number of aliphatic hydroxyl groups is 1. The fourth-order valence-corrected chi connectivity index (χ4v) is 4.38. The van der Waals surface area contributed by atoms with Crippen molar-refractivity contribution in [1.29, 1.82) is 0 Å². The molecule has 1 amide bonds. The number of carbonyl (C=O) groups is 1. The van der Waals surface area contributed by atoms with Gasteiger partial charge in [0.25, 0.3) is 5.66 Å². The quantitative estimate of drug-likeness (QED) is 0.258. The maximum Gasteiger partial charge on any atom is 0.410 e. The highest BCUT2D eigenvalue weighted by Gasteiger charge is 2.34. The van der Waals surface area contributed by atoms with Crippen molar-refractivity contribution in [3.05, 3.63) is 41.2 Å². The Kier molecular flexibility index (Phi) is 10.8. The van der Waals surface area contributed by atoms with Crippen LogP contribution < -0.4 is 10.6 Å². The van der Waals surface area contributed by atoms with Crippen molar-refractivity contribution >= 4 is 32.6 Å². The van der Waals surface area contributed by atoms with Gasteiger partial charge in [0.15, 0.2) is 0 Å². The number of pyridine rings is 1. The van der Waals surface area contributed by atoms with Gasteiger partial charge in [-0.3, -0.25) is 0 Å². The molecular weight excluding hydrogens is 511 g/mol. The summed E-state index contributed by atoms with van der Waals surface area (Å²) in [6.45, 7) is 13.7. The molecule has 1 aliphatic heterocycles. The Balaban J connectivity index is 2.56. The minimum Gasteiger partial charge on any atom is -0.444 e. The Morgan fingerprint density at radius 3 is 2.53 bits per heavy atom. The van der Waals surface area contributed by atoms with Crippen LogP contribution in [-0.4, -0.2) is 64.3 Å². The minimum atomic E-state index is -3.21. The summed E-state index contributed by atoms with van der Waals surface area (Å²) in [5, 5.41) is 10.5. The van der Waals surface area contributed by atoms with Crippen LogP contribution in [0.25, 0.3) is 5.57 Å². The summed E-state index contributed by atoms with van der Waals surface area (Å²) in [5.74, 6) is 0.451. The summed E-state index contributed by atoms with van der Waals surface area (Å²) in [6, 6.07) is 2.52. The molecule has 0 aromatic carbocycles. The number of carbonyl (C=O) groups excluding carboxylic acids is 1. The zero-order chi connectivity index (χ0) is 28.8. The number of ether oxygens (including phenoxy) is 1. The van der Waals surface area contributed by atoms with Crippen LogP contribution in [0.15, 0.2) is 35.0 Å². The van der Waals surface area contributed by atoms with Gasteiger partial charge in [-0.1, -0.05) is 29.2 Å². The number of allylic oxidation sites excluding steroid dienone is 2. The summed E-state index contributed by atoms with van der Waals surface area (Å²) in [5.41, 5.74) is 3.14. The number of alkyl halides is 2. The SMILES string of the molecule is CC/C=C/N=C(N)/C(=C(\C)c1cc(C(F)(F)P)cc(N2CCN(C(=O)OC(C)(C)C)CC2CC)n1)C(C)O. The third-order valence-corrected chi connectivity index (χ3v) is 6.47. The van der Waals surface area contributed by atoms with Crippen molar-refractivity contribution in [1.82, 2.24) is 9.88 Å². The summed E-state index contributed by atoms with van der Waals surface area (Å²) >= 11 is 0. The predicted molar refractivity (Wildman–Crippen MR) is 152 cm³/mol. The number of amides is 1. The number of nitrogens with zero attached hydrogens (tertiary/aromatic N) is 4. The molecule has 3 N–H and O–H groups in total. The van der Waals surface area contributed by atoms with E-state index in [1.807, 2.05) is 45.6 Å². The average Bonchev–Trinajstić information content (AvgIpc) is 2.81. The van der Waals surface area contributed by atoms with Crippen LogP contribution >= 0.6 is 9.24 Å². The smallest absolute Gasteiger partial charge is 0.410 e. The lowest BCUT2D eigenvalue weighted by Gasteiger charge is -2.42. The molecular formula is C27H42F2N5O3P. The molecule has 0 spiro atoms. The summed E-state index contributed by atoms with van der Waals surface area (Å²) in [6.07, 6.45) is 3.39. The molecule has 2 rings (SSSR count). The van der Waals surface area contributed by atoms with Gasteiger partial charge < -0.3 is 25.4 Å². The van der Waals surface area contributed by atoms with Gasteiger partial charge in [-0.05, 0) is 65.2 Å². The molecule has 1 aliphatic rings. The number of anilines is 1. The van der Waals surface area contributed by atoms with Crippen LogP contribution in [0, 0.1) is 0 Å². The first-order chi connectivity index (χ1) is 17.6. The van der Waals surface area contributed by atoms with Crippen molar-refractivity contribution < 1.29 is 23.4 Å². The van der Waals surface area contributed by atoms with Crippen molar-refractivity contribution in [2.45, 2.75) is 84.7 Å². The van der Waals surface area contributed by atoms with E-state index in [1.165, 1.54) is 12.1 Å². The van der Waals surface area contributed by atoms with Gasteiger partial charge in [0.05, 0.1) is 11.8 Å². The van der Waals surface area contributed by atoms with Gasteiger partial charge in [0, 0.05) is 43.0 Å². The molecule has 3 unspecified atom stereocenters. The summed E-state index contributed by atoms with van der Waals surface area (Å²) in [7, 11) is 1.57. The predicted octanol–water partition coefficient (Wildman–Crippen LogP) is 5.28. The Labute approximate surface area is 227 Å². The van der Waals surface area contributed by atoms with Crippen molar-refractivity contribution in [3.8, 4) is 0 Å². The topological polar surface area (TPSA) is 104 Å². The van der Waals surface area contributed by atoms with Crippen LogP contribution in [0.5, 0.6) is 0 Å². The van der Waals surface area contributed by atoms with E-state index in [1.54, 1.807) is 34.2 Å². The minimum absolute atomic E-state index is 0.0889. The van der Waals surface area contributed by atoms with Crippen molar-refractivity contribution in [2.75, 3.05) is 24.5 Å². The Morgan fingerprint density at radius 1 is 1.34 bits per heavy atom. The third-order valence-electron chi connectivity index (χ3n) is 6.13. The van der Waals surface area contributed by atoms with E-state index in [2.05, 4.69) is 4.99 Å². The van der Waals surface area contributed by atoms with Crippen LogP contribution in [0.4, 0.5) is 19.4 Å². The second kappa shape index (κ2) is 13.0. The summed E-state index contributed by atoms with van der Waals surface area (Å²) < 4.78 is 34.7. The zero-order valence-corrected chi connectivity index (χ0v) is 24.6. The van der Waals surface area contributed by atoms with E-state index < -0.39 is 23.5 Å². The number of halogens is 2. The molecule has 0 aliphatic carbocycles. The standard InChI is InChI=1S/C27H42F2N5O3P/c1-8-10-11-31-24(30)23(18(4)35)17(3)21-14-19(27(28,29)38)15-22(32-21)34-13-12-33(16-20(34)9-2)25(36)37-26(5,6)7/h10-11,14-15,18,20,35H,8-9,12-13,16,38H2,1-7H3,(H2,30,31)/b11-10+,23-17+. The normalized spacial score (nSPS) is 19.0. The second-order valence-corrected chi connectivity index (χ2v) is 11.2. The van der Waals surface area contributed by atoms with E-state index in [-0.39, 0.29) is 23.1 Å². The first-order valence-corrected chi connectivity index (χ1v) is 13.5. The van der Waals surface area contributed by atoms with Gasteiger partial charge in [0.1, 0.15) is 17.3 Å². The lowest BCUT2D eigenvalue weighted by molar-refractivity contribution is 0.0213. The molecule has 1 aromatic rings. The molecule has 11 heteroatoms. The molecule has 2 heterocycles. The van der Waals surface area contributed by atoms with E-state index >= 15 is 0 Å². The molecule has 1 saturated heterocycles. The molecule has 38 heavy (non-hydrogen) atoms. The largest absolute Gasteiger partial charge is 0.444 e. The number of hydrogen-bond acceptors (Lipinski definition) is 6. The highest BCUT2D eigenvalue weighted by molar-refractivity contribution is 7.17. The van der Waals surface area contributed by atoms with Gasteiger partial charge in [0.2, 0.25) is 0 Å². The van der Waals surface area contributed by atoms with Crippen LogP contribution in [0.1, 0.15) is 72.6 Å². The maximum atomic E-state index is 14.6. The Morgan fingerprint density at radius 2 is 2.00 bits per heavy atom. The van der Waals surface area contributed by atoms with Gasteiger partial charge in [-0.2, -0.15) is 8.78 Å². The van der Waals surface area contributed by atoms with Crippen molar-refractivity contribution in [3.63, 3.8) is 0 Å². The van der Waals surface area contributed by atoms with Crippen LogP contribution in [0.3, 0.4) is 0 Å². The lowest BCUT2D eigenvalue weighted by atomic mass is 9.99. The molecule has 0 saturated carbocycles. The van der Waals surface area contributed by atoms with E-state index in [9.17, 15) is 18.7 Å². The third kappa shape index (κ3) is 8.46. The monoisotopic (exact) mass is 553 g/mol.